The lowest BCUT2D eigenvalue weighted by Crippen LogP contribution is -2.45. The number of hydrogen-bond donors (Lipinski definition) is 1. The van der Waals surface area contributed by atoms with Crippen LogP contribution in [0, 0.1) is 5.82 Å². The summed E-state index contributed by atoms with van der Waals surface area (Å²) in [6, 6.07) is 21.1. The summed E-state index contributed by atoms with van der Waals surface area (Å²) in [6.07, 6.45) is 4.82. The van der Waals surface area contributed by atoms with E-state index in [-0.39, 0.29) is 23.7 Å². The van der Waals surface area contributed by atoms with Crippen LogP contribution in [-0.2, 0) is 16.0 Å². The molecule has 2 heterocycles. The van der Waals surface area contributed by atoms with Gasteiger partial charge in [0.15, 0.2) is 0 Å². The lowest BCUT2D eigenvalue weighted by Gasteiger charge is -2.32. The number of nitrogens with zero attached hydrogens (tertiary/aromatic N) is 1. The SMILES string of the molecule is O=C1CC[C@](CCC(=O)N2CCC[C@@H]2c2ccc(F)cc2)(Cc2cccc3ccccc23)N1. The molecule has 0 radical (unpaired) electrons. The molecule has 0 spiro atoms. The summed E-state index contributed by atoms with van der Waals surface area (Å²) < 4.78 is 13.4. The van der Waals surface area contributed by atoms with Gasteiger partial charge in [0.1, 0.15) is 5.82 Å². The van der Waals surface area contributed by atoms with Gasteiger partial charge in [-0.25, -0.2) is 4.39 Å². The minimum absolute atomic E-state index is 0.00489. The average Bonchev–Trinajstić information content (AvgIpc) is 3.46. The van der Waals surface area contributed by atoms with Gasteiger partial charge in [0.2, 0.25) is 11.8 Å². The summed E-state index contributed by atoms with van der Waals surface area (Å²) in [4.78, 5) is 27.5. The summed E-state index contributed by atoms with van der Waals surface area (Å²) in [6.45, 7) is 0.726. The predicted octanol–water partition coefficient (Wildman–Crippen LogP) is 5.31. The van der Waals surface area contributed by atoms with Crippen LogP contribution in [0.5, 0.6) is 0 Å². The molecule has 2 amide bonds. The molecule has 0 saturated carbocycles. The van der Waals surface area contributed by atoms with E-state index in [1.54, 1.807) is 12.1 Å². The standard InChI is InChI=1S/C28H29FN2O2/c29-23-12-10-21(11-13-23)25-9-4-18-31(25)27(33)15-17-28(16-14-26(32)30-28)19-22-7-3-6-20-5-1-2-8-24(20)22/h1-3,5-8,10-13,25H,4,9,14-19H2,(H,30,32)/t25-,28+/m1/s1. The summed E-state index contributed by atoms with van der Waals surface area (Å²) in [5, 5.41) is 5.61. The first-order valence-corrected chi connectivity index (χ1v) is 11.9. The topological polar surface area (TPSA) is 49.4 Å². The van der Waals surface area contributed by atoms with E-state index >= 15 is 0 Å². The van der Waals surface area contributed by atoms with Gasteiger partial charge in [-0.1, -0.05) is 54.6 Å². The second kappa shape index (κ2) is 8.97. The predicted molar refractivity (Wildman–Crippen MR) is 127 cm³/mol. The third-order valence-electron chi connectivity index (χ3n) is 7.29. The highest BCUT2D eigenvalue weighted by Gasteiger charge is 2.39. The largest absolute Gasteiger partial charge is 0.350 e. The average molecular weight is 445 g/mol. The Bertz CT molecular complexity index is 1170. The first-order chi connectivity index (χ1) is 16.0. The normalized spacial score (nSPS) is 22.6. The maximum Gasteiger partial charge on any atom is 0.223 e. The second-order valence-corrected chi connectivity index (χ2v) is 9.44. The summed E-state index contributed by atoms with van der Waals surface area (Å²) in [7, 11) is 0. The fourth-order valence-electron chi connectivity index (χ4n) is 5.58. The molecule has 2 aliphatic heterocycles. The lowest BCUT2D eigenvalue weighted by molar-refractivity contribution is -0.132. The Hall–Kier alpha value is -3.21. The molecule has 2 saturated heterocycles. The van der Waals surface area contributed by atoms with Gasteiger partial charge in [-0.05, 0) is 66.1 Å². The molecule has 0 bridgehead atoms. The highest BCUT2D eigenvalue weighted by Crippen LogP contribution is 2.35. The first kappa shape index (κ1) is 21.6. The van der Waals surface area contributed by atoms with Gasteiger partial charge in [-0.3, -0.25) is 9.59 Å². The quantitative estimate of drug-likeness (QED) is 0.560. The summed E-state index contributed by atoms with van der Waals surface area (Å²) >= 11 is 0. The van der Waals surface area contributed by atoms with Crippen LogP contribution in [0.4, 0.5) is 4.39 Å². The maximum atomic E-state index is 13.4. The fraction of sp³-hybridized carbons (Fsp3) is 0.357. The third-order valence-corrected chi connectivity index (χ3v) is 7.29. The number of rotatable bonds is 6. The van der Waals surface area contributed by atoms with Crippen molar-refractivity contribution >= 4 is 22.6 Å². The number of fused-ring (bicyclic) bond motifs is 1. The zero-order chi connectivity index (χ0) is 22.8. The maximum absolute atomic E-state index is 13.4. The van der Waals surface area contributed by atoms with Crippen molar-refractivity contribution in [2.24, 2.45) is 0 Å². The second-order valence-electron chi connectivity index (χ2n) is 9.44. The summed E-state index contributed by atoms with van der Waals surface area (Å²) in [5.41, 5.74) is 1.79. The molecule has 0 unspecified atom stereocenters. The molecule has 2 fully saturated rings. The van der Waals surface area contributed by atoms with Gasteiger partial charge in [0.05, 0.1) is 6.04 Å². The van der Waals surface area contributed by atoms with Crippen molar-refractivity contribution in [3.63, 3.8) is 0 Å². The van der Waals surface area contributed by atoms with Crippen molar-refractivity contribution in [2.75, 3.05) is 6.54 Å². The van der Waals surface area contributed by atoms with Gasteiger partial charge in [0, 0.05) is 24.9 Å². The van der Waals surface area contributed by atoms with Gasteiger partial charge in [-0.15, -0.1) is 0 Å². The molecule has 0 aliphatic carbocycles. The first-order valence-electron chi connectivity index (χ1n) is 11.9. The molecule has 5 rings (SSSR count). The van der Waals surface area contributed by atoms with Crippen molar-refractivity contribution < 1.29 is 14.0 Å². The van der Waals surface area contributed by atoms with Crippen molar-refractivity contribution in [2.45, 2.75) is 56.5 Å². The Morgan fingerprint density at radius 3 is 2.64 bits per heavy atom. The molecule has 3 aromatic carbocycles. The number of hydrogen-bond acceptors (Lipinski definition) is 2. The van der Waals surface area contributed by atoms with E-state index < -0.39 is 5.54 Å². The molecule has 2 aliphatic rings. The molecule has 1 N–H and O–H groups in total. The monoisotopic (exact) mass is 444 g/mol. The Kier molecular flexibility index (Phi) is 5.88. The van der Waals surface area contributed by atoms with E-state index in [4.69, 9.17) is 0 Å². The Labute approximate surface area is 193 Å². The van der Waals surface area contributed by atoms with Crippen LogP contribution in [0.1, 0.15) is 55.7 Å². The minimum atomic E-state index is -0.401. The number of amides is 2. The van der Waals surface area contributed by atoms with Crippen LogP contribution in [0.3, 0.4) is 0 Å². The van der Waals surface area contributed by atoms with Crippen LogP contribution in [0.25, 0.3) is 10.8 Å². The van der Waals surface area contributed by atoms with E-state index in [0.29, 0.717) is 19.3 Å². The van der Waals surface area contributed by atoms with Crippen LogP contribution >= 0.6 is 0 Å². The molecule has 2 atom stereocenters. The number of carbonyl (C=O) groups excluding carboxylic acids is 2. The van der Waals surface area contributed by atoms with Crippen LogP contribution in [0.2, 0.25) is 0 Å². The van der Waals surface area contributed by atoms with E-state index in [2.05, 4.69) is 35.6 Å². The lowest BCUT2D eigenvalue weighted by atomic mass is 9.83. The number of carbonyl (C=O) groups is 2. The van der Waals surface area contributed by atoms with Crippen molar-refractivity contribution in [3.05, 3.63) is 83.7 Å². The van der Waals surface area contributed by atoms with E-state index in [9.17, 15) is 14.0 Å². The van der Waals surface area contributed by atoms with Crippen LogP contribution in [-0.4, -0.2) is 28.8 Å². The van der Waals surface area contributed by atoms with E-state index in [1.165, 1.54) is 28.5 Å². The van der Waals surface area contributed by atoms with Gasteiger partial charge in [0.25, 0.3) is 0 Å². The molecular weight excluding hydrogens is 415 g/mol. The van der Waals surface area contributed by atoms with E-state index in [0.717, 1.165) is 37.8 Å². The smallest absolute Gasteiger partial charge is 0.223 e. The molecule has 0 aromatic heterocycles. The molecule has 5 heteroatoms. The molecule has 170 valence electrons. The van der Waals surface area contributed by atoms with Gasteiger partial charge in [-0.2, -0.15) is 0 Å². The minimum Gasteiger partial charge on any atom is -0.350 e. The zero-order valence-electron chi connectivity index (χ0n) is 18.7. The molecule has 33 heavy (non-hydrogen) atoms. The Morgan fingerprint density at radius 1 is 1.06 bits per heavy atom. The van der Waals surface area contributed by atoms with Crippen molar-refractivity contribution in [3.8, 4) is 0 Å². The van der Waals surface area contributed by atoms with Gasteiger partial charge >= 0.3 is 0 Å². The Balaban J connectivity index is 1.33. The number of halogens is 1. The number of likely N-dealkylation sites (tertiary alicyclic amines) is 1. The zero-order valence-corrected chi connectivity index (χ0v) is 18.7. The van der Waals surface area contributed by atoms with Crippen LogP contribution < -0.4 is 5.32 Å². The van der Waals surface area contributed by atoms with Gasteiger partial charge < -0.3 is 10.2 Å². The van der Waals surface area contributed by atoms with Crippen molar-refractivity contribution in [1.82, 2.24) is 10.2 Å². The highest BCUT2D eigenvalue weighted by atomic mass is 19.1. The molecular formula is C28H29FN2O2. The number of nitrogens with one attached hydrogen (secondary N) is 1. The van der Waals surface area contributed by atoms with Crippen LogP contribution in [0.15, 0.2) is 66.7 Å². The van der Waals surface area contributed by atoms with Crippen molar-refractivity contribution in [1.29, 1.82) is 0 Å². The molecule has 4 nitrogen and oxygen atoms in total. The Morgan fingerprint density at radius 2 is 1.85 bits per heavy atom. The number of benzene rings is 3. The molecule has 3 aromatic rings. The fourth-order valence-corrected chi connectivity index (χ4v) is 5.58. The highest BCUT2D eigenvalue weighted by molar-refractivity contribution is 5.86. The van der Waals surface area contributed by atoms with E-state index in [1.807, 2.05) is 17.0 Å². The summed E-state index contributed by atoms with van der Waals surface area (Å²) in [5.74, 6) is -0.0877. The third kappa shape index (κ3) is 4.50.